The second-order valence-corrected chi connectivity index (χ2v) is 5.27. The van der Waals surface area contributed by atoms with Crippen molar-refractivity contribution in [2.24, 2.45) is 5.11 Å². The Balaban J connectivity index is 2.53. The molecule has 0 atom stereocenters. The van der Waals surface area contributed by atoms with E-state index in [1.54, 1.807) is 33.9 Å². The summed E-state index contributed by atoms with van der Waals surface area (Å²) in [4.78, 5) is 18.9. The fourth-order valence-corrected chi connectivity index (χ4v) is 1.61. The third kappa shape index (κ3) is 2.70. The Morgan fingerprint density at radius 3 is 2.80 bits per heavy atom. The number of hydrogen-bond donors (Lipinski definition) is 0. The Morgan fingerprint density at radius 2 is 2.20 bits per heavy atom. The predicted octanol–water partition coefficient (Wildman–Crippen LogP) is 2.93. The number of aryl methyl sites for hydroxylation is 1. The van der Waals surface area contributed by atoms with Gasteiger partial charge < -0.3 is 4.74 Å². The second-order valence-electron chi connectivity index (χ2n) is 5.27. The summed E-state index contributed by atoms with van der Waals surface area (Å²) in [5.74, 6) is -0.305. The van der Waals surface area contributed by atoms with E-state index in [1.165, 1.54) is 10.7 Å². The monoisotopic (exact) mass is 274 g/mol. The number of carbonyl (C=O) groups is 1. The molecule has 8 heteroatoms. The molecule has 8 nitrogen and oxygen atoms in total. The van der Waals surface area contributed by atoms with Gasteiger partial charge in [-0.3, -0.25) is 0 Å². The molecule has 0 aliphatic heterocycles. The smallest absolute Gasteiger partial charge is 0.344 e. The van der Waals surface area contributed by atoms with Gasteiger partial charge in [0.2, 0.25) is 0 Å². The van der Waals surface area contributed by atoms with E-state index in [0.717, 1.165) is 0 Å². The van der Waals surface area contributed by atoms with E-state index in [9.17, 15) is 4.79 Å². The second kappa shape index (κ2) is 4.82. The highest BCUT2D eigenvalue weighted by Crippen LogP contribution is 2.20. The van der Waals surface area contributed by atoms with Crippen molar-refractivity contribution in [1.29, 1.82) is 0 Å². The average molecular weight is 274 g/mol. The van der Waals surface area contributed by atoms with E-state index >= 15 is 0 Å². The largest absolute Gasteiger partial charge is 0.456 e. The van der Waals surface area contributed by atoms with Gasteiger partial charge in [0.05, 0.1) is 6.20 Å². The molecule has 0 radical (unpaired) electrons. The van der Waals surface area contributed by atoms with Crippen molar-refractivity contribution < 1.29 is 9.53 Å². The number of carbonyl (C=O) groups excluding carboxylic acids is 1. The summed E-state index contributed by atoms with van der Waals surface area (Å²) >= 11 is 0. The normalized spacial score (nSPS) is 11.2. The van der Waals surface area contributed by atoms with Gasteiger partial charge in [-0.05, 0) is 43.9 Å². The van der Waals surface area contributed by atoms with Crippen LogP contribution >= 0.6 is 0 Å². The fourth-order valence-electron chi connectivity index (χ4n) is 1.61. The van der Waals surface area contributed by atoms with Crippen LogP contribution in [0.1, 0.15) is 36.7 Å². The Labute approximate surface area is 115 Å². The molecule has 2 aromatic heterocycles. The van der Waals surface area contributed by atoms with E-state index in [1.807, 2.05) is 0 Å². The number of nitrogens with zero attached hydrogens (tertiary/aromatic N) is 6. The number of esters is 1. The lowest BCUT2D eigenvalue weighted by atomic mass is 10.2. The highest BCUT2D eigenvalue weighted by molar-refractivity contribution is 5.96. The molecule has 20 heavy (non-hydrogen) atoms. The molecule has 0 aliphatic carbocycles. The molecule has 0 N–H and O–H groups in total. The van der Waals surface area contributed by atoms with Gasteiger partial charge in [-0.25, -0.2) is 14.3 Å². The molecule has 0 bridgehead atoms. The summed E-state index contributed by atoms with van der Waals surface area (Å²) in [6.07, 6.45) is 3.02. The Morgan fingerprint density at radius 1 is 1.50 bits per heavy atom. The fraction of sp³-hybridized carbons (Fsp3) is 0.417. The predicted molar refractivity (Wildman–Crippen MR) is 71.7 cm³/mol. The molecule has 2 rings (SSSR count). The van der Waals surface area contributed by atoms with Crippen molar-refractivity contribution in [3.8, 4) is 0 Å². The first-order chi connectivity index (χ1) is 9.31. The number of ether oxygens (including phenoxy) is 1. The van der Waals surface area contributed by atoms with Crippen LogP contribution in [0, 0.1) is 6.92 Å². The molecular formula is C12H14N6O2. The van der Waals surface area contributed by atoms with E-state index in [4.69, 9.17) is 10.3 Å². The van der Waals surface area contributed by atoms with Crippen molar-refractivity contribution >= 4 is 17.4 Å². The first kappa shape index (κ1) is 13.8. The maximum atomic E-state index is 12.1. The van der Waals surface area contributed by atoms with Gasteiger partial charge in [-0.15, -0.1) is 0 Å². The average Bonchev–Trinajstić information content (AvgIpc) is 2.70. The van der Waals surface area contributed by atoms with Gasteiger partial charge in [0.25, 0.3) is 0 Å². The standard InChI is InChI=1S/C12H14N6O2/c1-7-6-18-10(15-9(7)16-17-13)8(5-14-18)11(19)20-12(2,3)4/h5-6H,1-4H3. The van der Waals surface area contributed by atoms with Gasteiger partial charge in [0.1, 0.15) is 17.0 Å². The number of hydrogen-bond acceptors (Lipinski definition) is 5. The van der Waals surface area contributed by atoms with Gasteiger partial charge in [0, 0.05) is 11.1 Å². The summed E-state index contributed by atoms with van der Waals surface area (Å²) in [6.45, 7) is 7.07. The Kier molecular flexibility index (Phi) is 3.33. The van der Waals surface area contributed by atoms with Crippen molar-refractivity contribution in [2.75, 3.05) is 0 Å². The third-order valence-electron chi connectivity index (χ3n) is 2.41. The Bertz CT molecular complexity index is 721. The topological polar surface area (TPSA) is 105 Å². The lowest BCUT2D eigenvalue weighted by Gasteiger charge is -2.18. The summed E-state index contributed by atoms with van der Waals surface area (Å²) in [5.41, 5.74) is 9.09. The third-order valence-corrected chi connectivity index (χ3v) is 2.41. The molecule has 104 valence electrons. The van der Waals surface area contributed by atoms with Crippen molar-refractivity contribution in [2.45, 2.75) is 33.3 Å². The zero-order chi connectivity index (χ0) is 14.9. The first-order valence-electron chi connectivity index (χ1n) is 5.95. The zero-order valence-electron chi connectivity index (χ0n) is 11.7. The molecule has 0 spiro atoms. The van der Waals surface area contributed by atoms with E-state index in [2.05, 4.69) is 20.1 Å². The molecule has 0 saturated heterocycles. The van der Waals surface area contributed by atoms with Gasteiger partial charge >= 0.3 is 5.97 Å². The van der Waals surface area contributed by atoms with Crippen LogP contribution in [0.4, 0.5) is 5.82 Å². The molecule has 0 unspecified atom stereocenters. The SMILES string of the molecule is Cc1cn2ncc(C(=O)OC(C)(C)C)c2nc1N=[N+]=[N-]. The quantitative estimate of drug-likeness (QED) is 0.363. The zero-order valence-corrected chi connectivity index (χ0v) is 11.7. The van der Waals surface area contributed by atoms with E-state index in [-0.39, 0.29) is 11.4 Å². The summed E-state index contributed by atoms with van der Waals surface area (Å²) in [6, 6.07) is 0. The first-order valence-corrected chi connectivity index (χ1v) is 5.95. The van der Waals surface area contributed by atoms with Crippen molar-refractivity contribution in [3.05, 3.63) is 34.0 Å². The number of fused-ring (bicyclic) bond motifs is 1. The lowest BCUT2D eigenvalue weighted by Crippen LogP contribution is -2.23. The van der Waals surface area contributed by atoms with E-state index < -0.39 is 11.6 Å². The lowest BCUT2D eigenvalue weighted by molar-refractivity contribution is 0.00716. The van der Waals surface area contributed by atoms with Gasteiger partial charge in [0.15, 0.2) is 5.65 Å². The van der Waals surface area contributed by atoms with Crippen LogP contribution in [0.3, 0.4) is 0 Å². The van der Waals surface area contributed by atoms with Gasteiger partial charge in [-0.1, -0.05) is 0 Å². The van der Waals surface area contributed by atoms with Gasteiger partial charge in [-0.2, -0.15) is 5.10 Å². The minimum absolute atomic E-state index is 0.213. The molecule has 2 heterocycles. The van der Waals surface area contributed by atoms with Crippen LogP contribution in [0.15, 0.2) is 17.5 Å². The van der Waals surface area contributed by atoms with Crippen LogP contribution in [-0.4, -0.2) is 26.2 Å². The summed E-state index contributed by atoms with van der Waals surface area (Å²) in [5, 5.41) is 7.54. The highest BCUT2D eigenvalue weighted by atomic mass is 16.6. The maximum absolute atomic E-state index is 12.1. The number of aromatic nitrogens is 3. The number of rotatable bonds is 2. The van der Waals surface area contributed by atoms with Crippen LogP contribution in [0.25, 0.3) is 16.1 Å². The summed E-state index contributed by atoms with van der Waals surface area (Å²) < 4.78 is 6.73. The summed E-state index contributed by atoms with van der Waals surface area (Å²) in [7, 11) is 0. The molecule has 0 aliphatic rings. The molecule has 2 aromatic rings. The molecule has 0 saturated carbocycles. The van der Waals surface area contributed by atoms with Crippen LogP contribution in [0.2, 0.25) is 0 Å². The van der Waals surface area contributed by atoms with Crippen molar-refractivity contribution in [1.82, 2.24) is 14.6 Å². The maximum Gasteiger partial charge on any atom is 0.344 e. The van der Waals surface area contributed by atoms with Crippen LogP contribution in [-0.2, 0) is 4.74 Å². The van der Waals surface area contributed by atoms with Crippen LogP contribution in [0.5, 0.6) is 0 Å². The molecule has 0 aromatic carbocycles. The molecular weight excluding hydrogens is 260 g/mol. The van der Waals surface area contributed by atoms with E-state index in [0.29, 0.717) is 11.2 Å². The minimum Gasteiger partial charge on any atom is -0.456 e. The number of azide groups is 1. The molecule has 0 fully saturated rings. The van der Waals surface area contributed by atoms with Crippen molar-refractivity contribution in [3.63, 3.8) is 0 Å². The Hall–Kier alpha value is -2.60. The highest BCUT2D eigenvalue weighted by Gasteiger charge is 2.22. The van der Waals surface area contributed by atoms with Crippen LogP contribution < -0.4 is 0 Å². The molecule has 0 amide bonds. The minimum atomic E-state index is -0.607.